The maximum Gasteiger partial charge on any atom is 0.0866 e. The minimum Gasteiger partial charge on any atom is -0.310 e. The van der Waals surface area contributed by atoms with E-state index in [0.717, 1.165) is 29.5 Å². The van der Waals surface area contributed by atoms with Gasteiger partial charge in [-0.15, -0.1) is 0 Å². The molecule has 20 heavy (non-hydrogen) atoms. The first kappa shape index (κ1) is 15.1. The fourth-order valence-corrected chi connectivity index (χ4v) is 2.27. The Labute approximate surface area is 124 Å². The Morgan fingerprint density at radius 1 is 1.40 bits per heavy atom. The molecule has 0 aromatic carbocycles. The van der Waals surface area contributed by atoms with Crippen LogP contribution in [0.3, 0.4) is 0 Å². The number of aryl methyl sites for hydroxylation is 2. The zero-order valence-corrected chi connectivity index (χ0v) is 13.3. The van der Waals surface area contributed by atoms with Gasteiger partial charge in [-0.05, 0) is 13.8 Å². The smallest absolute Gasteiger partial charge is 0.0866 e. The van der Waals surface area contributed by atoms with Gasteiger partial charge >= 0.3 is 0 Å². The molecule has 0 spiro atoms. The van der Waals surface area contributed by atoms with E-state index in [-0.39, 0.29) is 0 Å². The van der Waals surface area contributed by atoms with Crippen LogP contribution in [-0.2, 0) is 19.6 Å². The third kappa shape index (κ3) is 3.41. The summed E-state index contributed by atoms with van der Waals surface area (Å²) in [4.78, 5) is 0. The summed E-state index contributed by atoms with van der Waals surface area (Å²) in [7, 11) is 0. The highest BCUT2D eigenvalue weighted by atomic mass is 35.5. The van der Waals surface area contributed by atoms with Crippen molar-refractivity contribution < 1.29 is 0 Å². The van der Waals surface area contributed by atoms with Gasteiger partial charge in [-0.1, -0.05) is 25.4 Å². The van der Waals surface area contributed by atoms with Crippen molar-refractivity contribution in [2.45, 2.75) is 53.4 Å². The van der Waals surface area contributed by atoms with Gasteiger partial charge in [-0.2, -0.15) is 10.2 Å². The molecule has 0 saturated carbocycles. The monoisotopic (exact) mass is 295 g/mol. The first-order chi connectivity index (χ1) is 9.51. The van der Waals surface area contributed by atoms with Crippen molar-refractivity contribution in [3.8, 4) is 0 Å². The molecule has 0 saturated heterocycles. The molecule has 0 amide bonds. The van der Waals surface area contributed by atoms with E-state index >= 15 is 0 Å². The lowest BCUT2D eigenvalue weighted by Gasteiger charge is -2.06. The number of nitrogens with zero attached hydrogens (tertiary/aromatic N) is 4. The van der Waals surface area contributed by atoms with Crippen LogP contribution in [0, 0.1) is 6.92 Å². The van der Waals surface area contributed by atoms with Crippen molar-refractivity contribution >= 4 is 11.6 Å². The van der Waals surface area contributed by atoms with Crippen molar-refractivity contribution in [2.75, 3.05) is 0 Å². The molecule has 2 heterocycles. The van der Waals surface area contributed by atoms with Crippen molar-refractivity contribution in [1.29, 1.82) is 0 Å². The van der Waals surface area contributed by atoms with Gasteiger partial charge in [0.1, 0.15) is 0 Å². The van der Waals surface area contributed by atoms with Crippen molar-refractivity contribution in [3.63, 3.8) is 0 Å². The fourth-order valence-electron chi connectivity index (χ4n) is 2.08. The van der Waals surface area contributed by atoms with Gasteiger partial charge in [0.2, 0.25) is 0 Å². The topological polar surface area (TPSA) is 47.7 Å². The molecule has 0 aliphatic carbocycles. The summed E-state index contributed by atoms with van der Waals surface area (Å²) in [5.74, 6) is 0. The summed E-state index contributed by atoms with van der Waals surface area (Å²) >= 11 is 6.32. The summed E-state index contributed by atoms with van der Waals surface area (Å²) in [6, 6.07) is 0.469. The summed E-state index contributed by atoms with van der Waals surface area (Å²) in [5, 5.41) is 12.9. The van der Waals surface area contributed by atoms with E-state index < -0.39 is 0 Å². The average molecular weight is 296 g/mol. The SMILES string of the molecule is CCn1nc(C)c(Cl)c1Cn1cc(CNC(C)C)cn1. The molecule has 0 fully saturated rings. The van der Waals surface area contributed by atoms with Crippen molar-refractivity contribution in [2.24, 2.45) is 0 Å². The molecule has 0 aliphatic heterocycles. The van der Waals surface area contributed by atoms with Crippen LogP contribution in [0.5, 0.6) is 0 Å². The van der Waals surface area contributed by atoms with Crippen LogP contribution in [0.1, 0.15) is 37.7 Å². The first-order valence-corrected chi connectivity index (χ1v) is 7.35. The highest BCUT2D eigenvalue weighted by Gasteiger charge is 2.13. The predicted molar refractivity (Wildman–Crippen MR) is 81.0 cm³/mol. The molecule has 2 aromatic heterocycles. The molecule has 0 unspecified atom stereocenters. The van der Waals surface area contributed by atoms with E-state index in [2.05, 4.69) is 36.3 Å². The zero-order valence-electron chi connectivity index (χ0n) is 12.5. The molecule has 5 nitrogen and oxygen atoms in total. The number of aromatic nitrogens is 4. The summed E-state index contributed by atoms with van der Waals surface area (Å²) in [5.41, 5.74) is 3.06. The largest absolute Gasteiger partial charge is 0.310 e. The summed E-state index contributed by atoms with van der Waals surface area (Å²) in [6.07, 6.45) is 3.94. The average Bonchev–Trinajstić information content (AvgIpc) is 2.96. The van der Waals surface area contributed by atoms with E-state index in [9.17, 15) is 0 Å². The Morgan fingerprint density at radius 3 is 2.80 bits per heavy atom. The molecule has 2 aromatic rings. The molecule has 0 radical (unpaired) electrons. The lowest BCUT2D eigenvalue weighted by atomic mass is 10.3. The van der Waals surface area contributed by atoms with Crippen LogP contribution >= 0.6 is 11.6 Å². The van der Waals surface area contributed by atoms with E-state index in [0.29, 0.717) is 12.6 Å². The Balaban J connectivity index is 2.10. The number of halogens is 1. The molecule has 0 atom stereocenters. The van der Waals surface area contributed by atoms with Gasteiger partial charge < -0.3 is 5.32 Å². The van der Waals surface area contributed by atoms with Crippen LogP contribution in [-0.4, -0.2) is 25.6 Å². The lowest BCUT2D eigenvalue weighted by molar-refractivity contribution is 0.572. The van der Waals surface area contributed by atoms with E-state index in [1.165, 1.54) is 5.56 Å². The maximum absolute atomic E-state index is 6.32. The quantitative estimate of drug-likeness (QED) is 0.891. The van der Waals surface area contributed by atoms with Crippen LogP contribution in [0.15, 0.2) is 12.4 Å². The van der Waals surface area contributed by atoms with E-state index in [4.69, 9.17) is 11.6 Å². The number of hydrogen-bond acceptors (Lipinski definition) is 3. The second kappa shape index (κ2) is 6.41. The lowest BCUT2D eigenvalue weighted by Crippen LogP contribution is -2.21. The summed E-state index contributed by atoms with van der Waals surface area (Å²) < 4.78 is 3.84. The minimum absolute atomic E-state index is 0.469. The molecule has 110 valence electrons. The molecule has 2 rings (SSSR count). The second-order valence-corrected chi connectivity index (χ2v) is 5.62. The maximum atomic E-state index is 6.32. The van der Waals surface area contributed by atoms with Gasteiger partial charge in [0.15, 0.2) is 0 Å². The zero-order chi connectivity index (χ0) is 14.7. The number of hydrogen-bond donors (Lipinski definition) is 1. The Hall–Kier alpha value is -1.33. The third-order valence-corrected chi connectivity index (χ3v) is 3.66. The Morgan fingerprint density at radius 2 is 2.15 bits per heavy atom. The van der Waals surface area contributed by atoms with Crippen LogP contribution in [0.25, 0.3) is 0 Å². The van der Waals surface area contributed by atoms with Gasteiger partial charge in [0, 0.05) is 30.9 Å². The number of rotatable bonds is 6. The molecule has 0 bridgehead atoms. The van der Waals surface area contributed by atoms with Crippen LogP contribution in [0.4, 0.5) is 0 Å². The minimum atomic E-state index is 0.469. The summed E-state index contributed by atoms with van der Waals surface area (Å²) in [6.45, 7) is 10.5. The molecule has 1 N–H and O–H groups in total. The predicted octanol–water partition coefficient (Wildman–Crippen LogP) is 2.61. The highest BCUT2D eigenvalue weighted by molar-refractivity contribution is 6.31. The van der Waals surface area contributed by atoms with Crippen LogP contribution < -0.4 is 5.32 Å². The third-order valence-electron chi connectivity index (χ3n) is 3.17. The van der Waals surface area contributed by atoms with Crippen molar-refractivity contribution in [1.82, 2.24) is 24.9 Å². The van der Waals surface area contributed by atoms with Gasteiger partial charge in [-0.25, -0.2) is 0 Å². The molecular weight excluding hydrogens is 274 g/mol. The van der Waals surface area contributed by atoms with Crippen molar-refractivity contribution in [3.05, 3.63) is 34.4 Å². The van der Waals surface area contributed by atoms with Crippen LogP contribution in [0.2, 0.25) is 5.02 Å². The fraction of sp³-hybridized carbons (Fsp3) is 0.571. The molecular formula is C14H22ClN5. The second-order valence-electron chi connectivity index (χ2n) is 5.24. The Bertz CT molecular complexity index is 570. The first-order valence-electron chi connectivity index (χ1n) is 6.97. The normalized spacial score (nSPS) is 11.5. The van der Waals surface area contributed by atoms with E-state index in [1.54, 1.807) is 0 Å². The molecule has 6 heteroatoms. The van der Waals surface area contributed by atoms with Gasteiger partial charge in [0.25, 0.3) is 0 Å². The van der Waals surface area contributed by atoms with Gasteiger partial charge in [0.05, 0.1) is 29.2 Å². The standard InChI is InChI=1S/C14H22ClN5/c1-5-20-13(14(15)11(4)18-20)9-19-8-12(7-17-19)6-16-10(2)3/h7-8,10,16H,5-6,9H2,1-4H3. The molecule has 0 aliphatic rings. The number of nitrogens with one attached hydrogen (secondary N) is 1. The van der Waals surface area contributed by atoms with Gasteiger partial charge in [-0.3, -0.25) is 9.36 Å². The van der Waals surface area contributed by atoms with E-state index in [1.807, 2.05) is 28.7 Å². The highest BCUT2D eigenvalue weighted by Crippen LogP contribution is 2.21. The Kier molecular flexibility index (Phi) is 4.83.